The van der Waals surface area contributed by atoms with E-state index in [4.69, 9.17) is 4.74 Å². The van der Waals surface area contributed by atoms with Crippen molar-refractivity contribution in [2.45, 2.75) is 32.7 Å². The SMILES string of the molecule is CCCC(C)NC(=O)CNc1ccc(OC)c(F)c1. The van der Waals surface area contributed by atoms with E-state index < -0.39 is 5.82 Å². The lowest BCUT2D eigenvalue weighted by atomic mass is 10.2. The second-order valence-corrected chi connectivity index (χ2v) is 4.46. The van der Waals surface area contributed by atoms with Crippen LogP contribution < -0.4 is 15.4 Å². The molecule has 0 saturated heterocycles. The highest BCUT2D eigenvalue weighted by Crippen LogP contribution is 2.20. The third-order valence-corrected chi connectivity index (χ3v) is 2.73. The summed E-state index contributed by atoms with van der Waals surface area (Å²) in [6, 6.07) is 4.66. The number of hydrogen-bond acceptors (Lipinski definition) is 3. The van der Waals surface area contributed by atoms with Gasteiger partial charge in [0.05, 0.1) is 13.7 Å². The van der Waals surface area contributed by atoms with Crippen LogP contribution >= 0.6 is 0 Å². The van der Waals surface area contributed by atoms with Gasteiger partial charge in [0.15, 0.2) is 11.6 Å². The van der Waals surface area contributed by atoms with Gasteiger partial charge in [-0.3, -0.25) is 4.79 Å². The monoisotopic (exact) mass is 268 g/mol. The smallest absolute Gasteiger partial charge is 0.239 e. The lowest BCUT2D eigenvalue weighted by Gasteiger charge is -2.13. The quantitative estimate of drug-likeness (QED) is 0.799. The van der Waals surface area contributed by atoms with Crippen LogP contribution in [0.25, 0.3) is 0 Å². The Morgan fingerprint density at radius 1 is 1.47 bits per heavy atom. The molecule has 1 atom stereocenters. The van der Waals surface area contributed by atoms with Gasteiger partial charge in [0.1, 0.15) is 0 Å². The Hall–Kier alpha value is -1.78. The van der Waals surface area contributed by atoms with E-state index >= 15 is 0 Å². The number of carbonyl (C=O) groups is 1. The summed E-state index contributed by atoms with van der Waals surface area (Å²) in [5.41, 5.74) is 0.552. The van der Waals surface area contributed by atoms with Gasteiger partial charge in [-0.25, -0.2) is 4.39 Å². The van der Waals surface area contributed by atoms with E-state index in [0.29, 0.717) is 5.69 Å². The molecule has 2 N–H and O–H groups in total. The Morgan fingerprint density at radius 2 is 2.21 bits per heavy atom. The Kier molecular flexibility index (Phi) is 6.12. The first-order chi connectivity index (χ1) is 9.06. The normalized spacial score (nSPS) is 11.8. The van der Waals surface area contributed by atoms with E-state index in [1.54, 1.807) is 6.07 Å². The number of nitrogens with one attached hydrogen (secondary N) is 2. The number of hydrogen-bond donors (Lipinski definition) is 2. The standard InChI is InChI=1S/C14H21FN2O2/c1-4-5-10(2)17-14(18)9-16-11-6-7-13(19-3)12(15)8-11/h6-8,10,16H,4-5,9H2,1-3H3,(H,17,18). The minimum atomic E-state index is -0.452. The molecule has 0 spiro atoms. The van der Waals surface area contributed by atoms with E-state index in [1.165, 1.54) is 19.2 Å². The van der Waals surface area contributed by atoms with Gasteiger partial charge in [-0.15, -0.1) is 0 Å². The lowest BCUT2D eigenvalue weighted by Crippen LogP contribution is -2.36. The van der Waals surface area contributed by atoms with Crippen LogP contribution in [0.5, 0.6) is 5.75 Å². The summed E-state index contributed by atoms with van der Waals surface area (Å²) in [7, 11) is 1.41. The molecule has 5 heteroatoms. The number of carbonyl (C=O) groups excluding carboxylic acids is 1. The van der Waals surface area contributed by atoms with Gasteiger partial charge >= 0.3 is 0 Å². The number of methoxy groups -OCH3 is 1. The van der Waals surface area contributed by atoms with Gasteiger partial charge in [-0.2, -0.15) is 0 Å². The maximum absolute atomic E-state index is 13.4. The van der Waals surface area contributed by atoms with Gasteiger partial charge < -0.3 is 15.4 Å². The van der Waals surface area contributed by atoms with E-state index in [0.717, 1.165) is 12.8 Å². The fourth-order valence-electron chi connectivity index (χ4n) is 1.79. The van der Waals surface area contributed by atoms with Crippen LogP contribution in [0.2, 0.25) is 0 Å². The van der Waals surface area contributed by atoms with Crippen molar-refractivity contribution < 1.29 is 13.9 Å². The number of ether oxygens (including phenoxy) is 1. The van der Waals surface area contributed by atoms with Crippen LogP contribution in [-0.4, -0.2) is 25.6 Å². The Bertz CT molecular complexity index is 424. The molecule has 1 aromatic carbocycles. The summed E-state index contributed by atoms with van der Waals surface area (Å²) in [6.45, 7) is 4.16. The summed E-state index contributed by atoms with van der Waals surface area (Å²) >= 11 is 0. The lowest BCUT2D eigenvalue weighted by molar-refractivity contribution is -0.120. The molecule has 0 aromatic heterocycles. The van der Waals surface area contributed by atoms with E-state index in [-0.39, 0.29) is 24.2 Å². The van der Waals surface area contributed by atoms with Crippen LogP contribution in [0.15, 0.2) is 18.2 Å². The summed E-state index contributed by atoms with van der Waals surface area (Å²) in [5, 5.41) is 5.74. The molecular weight excluding hydrogens is 247 g/mol. The maximum Gasteiger partial charge on any atom is 0.239 e. The van der Waals surface area contributed by atoms with Crippen LogP contribution in [0.1, 0.15) is 26.7 Å². The summed E-state index contributed by atoms with van der Waals surface area (Å²) in [6.07, 6.45) is 1.97. The van der Waals surface area contributed by atoms with E-state index in [1.807, 2.05) is 6.92 Å². The number of benzene rings is 1. The largest absolute Gasteiger partial charge is 0.494 e. The molecule has 0 radical (unpaired) electrons. The average molecular weight is 268 g/mol. The predicted octanol–water partition coefficient (Wildman–Crippen LogP) is 2.55. The fourth-order valence-corrected chi connectivity index (χ4v) is 1.79. The third kappa shape index (κ3) is 5.16. The molecule has 19 heavy (non-hydrogen) atoms. The van der Waals surface area contributed by atoms with Crippen molar-refractivity contribution in [3.8, 4) is 5.75 Å². The number of amides is 1. The van der Waals surface area contributed by atoms with Crippen molar-refractivity contribution in [1.82, 2.24) is 5.32 Å². The molecule has 106 valence electrons. The van der Waals surface area contributed by atoms with Crippen LogP contribution in [0.3, 0.4) is 0 Å². The second kappa shape index (κ2) is 7.61. The van der Waals surface area contributed by atoms with Gasteiger partial charge in [-0.1, -0.05) is 13.3 Å². The molecule has 1 amide bonds. The molecule has 0 aliphatic rings. The van der Waals surface area contributed by atoms with Crippen molar-refractivity contribution in [2.75, 3.05) is 19.0 Å². The molecule has 1 aromatic rings. The average Bonchev–Trinajstić information content (AvgIpc) is 2.36. The summed E-state index contributed by atoms with van der Waals surface area (Å²) < 4.78 is 18.2. The number of anilines is 1. The first kappa shape index (κ1) is 15.3. The third-order valence-electron chi connectivity index (χ3n) is 2.73. The van der Waals surface area contributed by atoms with Crippen molar-refractivity contribution in [3.05, 3.63) is 24.0 Å². The van der Waals surface area contributed by atoms with Crippen molar-refractivity contribution in [2.24, 2.45) is 0 Å². The Labute approximate surface area is 113 Å². The highest BCUT2D eigenvalue weighted by molar-refractivity contribution is 5.80. The van der Waals surface area contributed by atoms with Crippen molar-refractivity contribution in [3.63, 3.8) is 0 Å². The van der Waals surface area contributed by atoms with Crippen LogP contribution in [0.4, 0.5) is 10.1 Å². The number of rotatable bonds is 7. The first-order valence-electron chi connectivity index (χ1n) is 6.43. The van der Waals surface area contributed by atoms with Gasteiger partial charge in [-0.05, 0) is 25.5 Å². The van der Waals surface area contributed by atoms with Crippen LogP contribution in [-0.2, 0) is 4.79 Å². The molecule has 1 rings (SSSR count). The van der Waals surface area contributed by atoms with Crippen molar-refractivity contribution in [1.29, 1.82) is 0 Å². The van der Waals surface area contributed by atoms with Crippen molar-refractivity contribution >= 4 is 11.6 Å². The van der Waals surface area contributed by atoms with Crippen LogP contribution in [0, 0.1) is 5.82 Å². The first-order valence-corrected chi connectivity index (χ1v) is 6.43. The zero-order valence-corrected chi connectivity index (χ0v) is 11.6. The summed E-state index contributed by atoms with van der Waals surface area (Å²) in [5.74, 6) is -0.365. The summed E-state index contributed by atoms with van der Waals surface area (Å²) in [4.78, 5) is 11.6. The molecule has 0 heterocycles. The molecule has 4 nitrogen and oxygen atoms in total. The zero-order valence-electron chi connectivity index (χ0n) is 11.6. The minimum Gasteiger partial charge on any atom is -0.494 e. The molecule has 0 saturated carbocycles. The number of halogens is 1. The fraction of sp³-hybridized carbons (Fsp3) is 0.500. The van der Waals surface area contributed by atoms with E-state index in [2.05, 4.69) is 17.6 Å². The highest BCUT2D eigenvalue weighted by atomic mass is 19.1. The molecule has 1 unspecified atom stereocenters. The molecular formula is C14H21FN2O2. The molecule has 0 fully saturated rings. The topological polar surface area (TPSA) is 50.4 Å². The minimum absolute atomic E-state index is 0.0998. The molecule has 0 aliphatic heterocycles. The predicted molar refractivity (Wildman–Crippen MR) is 74.0 cm³/mol. The van der Waals surface area contributed by atoms with Gasteiger partial charge in [0, 0.05) is 17.8 Å². The van der Waals surface area contributed by atoms with E-state index in [9.17, 15) is 9.18 Å². The van der Waals surface area contributed by atoms with Gasteiger partial charge in [0.2, 0.25) is 5.91 Å². The Balaban J connectivity index is 2.44. The second-order valence-electron chi connectivity index (χ2n) is 4.46. The Morgan fingerprint density at radius 3 is 2.79 bits per heavy atom. The molecule has 0 bridgehead atoms. The highest BCUT2D eigenvalue weighted by Gasteiger charge is 2.07. The van der Waals surface area contributed by atoms with Gasteiger partial charge in [0.25, 0.3) is 0 Å². The zero-order chi connectivity index (χ0) is 14.3. The maximum atomic E-state index is 13.4. The molecule has 0 aliphatic carbocycles.